The van der Waals surface area contributed by atoms with Gasteiger partial charge in [-0.15, -0.1) is 0 Å². The zero-order valence-corrected chi connectivity index (χ0v) is 19.6. The fourth-order valence-electron chi connectivity index (χ4n) is 3.40. The Morgan fingerprint density at radius 1 is 0.771 bits per heavy atom. The van der Waals surface area contributed by atoms with Crippen LogP contribution in [0.5, 0.6) is 29.0 Å². The van der Waals surface area contributed by atoms with E-state index in [-0.39, 0.29) is 11.9 Å². The second kappa shape index (κ2) is 11.0. The van der Waals surface area contributed by atoms with Gasteiger partial charge in [0.2, 0.25) is 0 Å². The molecule has 4 aromatic rings. The van der Waals surface area contributed by atoms with Gasteiger partial charge in [0.25, 0.3) is 5.91 Å². The van der Waals surface area contributed by atoms with E-state index < -0.39 is 0 Å². The van der Waals surface area contributed by atoms with Gasteiger partial charge < -0.3 is 24.3 Å². The molecule has 35 heavy (non-hydrogen) atoms. The van der Waals surface area contributed by atoms with Crippen LogP contribution in [0.2, 0.25) is 0 Å². The fourth-order valence-corrected chi connectivity index (χ4v) is 3.40. The van der Waals surface area contributed by atoms with Crippen LogP contribution in [0, 0.1) is 0 Å². The van der Waals surface area contributed by atoms with E-state index in [0.29, 0.717) is 35.1 Å². The Balaban J connectivity index is 1.43. The molecule has 178 valence electrons. The largest absolute Gasteiger partial charge is 0.497 e. The van der Waals surface area contributed by atoms with E-state index in [4.69, 9.17) is 18.9 Å². The summed E-state index contributed by atoms with van der Waals surface area (Å²) < 4.78 is 21.5. The average Bonchev–Trinajstić information content (AvgIpc) is 2.92. The highest BCUT2D eigenvalue weighted by atomic mass is 16.5. The standard InChI is InChI=1S/C27H25N3O5/c1-32-22-8-5-9-24(13-22)35-27-29-16-21(17-30-27)18-6-4-7-19(12-18)26(31)28-15-20-10-11-23(33-2)14-25(20)34-3/h4-14,16-17H,15H2,1-3H3,(H,28,31). The summed E-state index contributed by atoms with van der Waals surface area (Å²) in [7, 11) is 4.77. The van der Waals surface area contributed by atoms with Gasteiger partial charge in [-0.1, -0.05) is 18.2 Å². The van der Waals surface area contributed by atoms with Crippen LogP contribution in [0.15, 0.2) is 79.1 Å². The number of amides is 1. The Kier molecular flexibility index (Phi) is 7.42. The highest BCUT2D eigenvalue weighted by Crippen LogP contribution is 2.26. The molecule has 0 saturated carbocycles. The number of ether oxygens (including phenoxy) is 4. The molecule has 0 spiro atoms. The molecule has 0 bridgehead atoms. The number of aromatic nitrogens is 2. The highest BCUT2D eigenvalue weighted by molar-refractivity contribution is 5.95. The molecular weight excluding hydrogens is 446 g/mol. The Labute approximate surface area is 203 Å². The number of hydrogen-bond acceptors (Lipinski definition) is 7. The van der Waals surface area contributed by atoms with Crippen molar-refractivity contribution in [1.29, 1.82) is 0 Å². The van der Waals surface area contributed by atoms with E-state index in [1.807, 2.05) is 36.4 Å². The lowest BCUT2D eigenvalue weighted by molar-refractivity contribution is 0.0950. The summed E-state index contributed by atoms with van der Waals surface area (Å²) in [5.74, 6) is 2.38. The number of methoxy groups -OCH3 is 3. The Morgan fingerprint density at radius 2 is 1.49 bits per heavy atom. The second-order valence-electron chi connectivity index (χ2n) is 7.48. The minimum Gasteiger partial charge on any atom is -0.497 e. The minimum absolute atomic E-state index is 0.205. The predicted octanol–water partition coefficient (Wildman–Crippen LogP) is 4.89. The molecule has 1 N–H and O–H groups in total. The molecule has 0 radical (unpaired) electrons. The Morgan fingerprint density at radius 3 is 2.23 bits per heavy atom. The Bertz CT molecular complexity index is 1310. The molecule has 0 atom stereocenters. The van der Waals surface area contributed by atoms with Crippen molar-refractivity contribution in [2.24, 2.45) is 0 Å². The van der Waals surface area contributed by atoms with Crippen LogP contribution < -0.4 is 24.3 Å². The van der Waals surface area contributed by atoms with Crippen molar-refractivity contribution >= 4 is 5.91 Å². The van der Waals surface area contributed by atoms with Gasteiger partial charge in [-0.25, -0.2) is 9.97 Å². The lowest BCUT2D eigenvalue weighted by atomic mass is 10.1. The number of rotatable bonds is 9. The second-order valence-corrected chi connectivity index (χ2v) is 7.48. The first-order valence-corrected chi connectivity index (χ1v) is 10.8. The Hall–Kier alpha value is -4.59. The number of carbonyl (C=O) groups is 1. The third-order valence-electron chi connectivity index (χ3n) is 5.27. The molecular formula is C27H25N3O5. The van der Waals surface area contributed by atoms with Crippen LogP contribution in [-0.2, 0) is 6.54 Å². The smallest absolute Gasteiger partial charge is 0.321 e. The minimum atomic E-state index is -0.205. The van der Waals surface area contributed by atoms with Crippen molar-refractivity contribution in [3.63, 3.8) is 0 Å². The maximum Gasteiger partial charge on any atom is 0.321 e. The molecule has 4 rings (SSSR count). The van der Waals surface area contributed by atoms with E-state index in [0.717, 1.165) is 16.7 Å². The topological polar surface area (TPSA) is 91.8 Å². The first-order valence-electron chi connectivity index (χ1n) is 10.8. The molecule has 0 unspecified atom stereocenters. The van der Waals surface area contributed by atoms with Gasteiger partial charge in [0.1, 0.15) is 23.0 Å². The molecule has 3 aromatic carbocycles. The number of nitrogens with one attached hydrogen (secondary N) is 1. The van der Waals surface area contributed by atoms with E-state index in [1.165, 1.54) is 0 Å². The van der Waals surface area contributed by atoms with Crippen molar-refractivity contribution in [3.8, 4) is 40.1 Å². The fraction of sp³-hybridized carbons (Fsp3) is 0.148. The lowest BCUT2D eigenvalue weighted by Crippen LogP contribution is -2.23. The number of hydrogen-bond donors (Lipinski definition) is 1. The molecule has 0 aliphatic carbocycles. The molecule has 0 aliphatic heterocycles. The van der Waals surface area contributed by atoms with Gasteiger partial charge >= 0.3 is 6.01 Å². The quantitative estimate of drug-likeness (QED) is 0.372. The molecule has 0 fully saturated rings. The van der Waals surface area contributed by atoms with Crippen LogP contribution >= 0.6 is 0 Å². The van der Waals surface area contributed by atoms with Crippen LogP contribution in [0.3, 0.4) is 0 Å². The third kappa shape index (κ3) is 5.86. The molecule has 0 aliphatic rings. The van der Waals surface area contributed by atoms with Gasteiger partial charge in [0.05, 0.1) is 21.3 Å². The average molecular weight is 472 g/mol. The van der Waals surface area contributed by atoms with Crippen LogP contribution in [0.4, 0.5) is 0 Å². The number of carbonyl (C=O) groups excluding carboxylic acids is 1. The van der Waals surface area contributed by atoms with Crippen LogP contribution in [0.1, 0.15) is 15.9 Å². The van der Waals surface area contributed by atoms with E-state index in [9.17, 15) is 4.79 Å². The molecule has 8 heteroatoms. The first kappa shape index (κ1) is 23.6. The van der Waals surface area contributed by atoms with Crippen molar-refractivity contribution in [2.45, 2.75) is 6.54 Å². The van der Waals surface area contributed by atoms with Gasteiger partial charge in [0.15, 0.2) is 0 Å². The zero-order chi connectivity index (χ0) is 24.6. The maximum atomic E-state index is 12.8. The molecule has 0 saturated heterocycles. The predicted molar refractivity (Wildman–Crippen MR) is 131 cm³/mol. The zero-order valence-electron chi connectivity index (χ0n) is 19.6. The molecule has 1 heterocycles. The van der Waals surface area contributed by atoms with Crippen molar-refractivity contribution in [2.75, 3.05) is 21.3 Å². The third-order valence-corrected chi connectivity index (χ3v) is 5.27. The summed E-state index contributed by atoms with van der Waals surface area (Å²) >= 11 is 0. The van der Waals surface area contributed by atoms with Crippen LogP contribution in [-0.4, -0.2) is 37.2 Å². The van der Waals surface area contributed by atoms with E-state index in [1.54, 1.807) is 64.1 Å². The summed E-state index contributed by atoms with van der Waals surface area (Å²) in [5, 5.41) is 2.93. The van der Waals surface area contributed by atoms with Gasteiger partial charge in [0, 0.05) is 47.8 Å². The van der Waals surface area contributed by atoms with Gasteiger partial charge in [-0.3, -0.25) is 4.79 Å². The highest BCUT2D eigenvalue weighted by Gasteiger charge is 2.11. The van der Waals surface area contributed by atoms with Crippen molar-refractivity contribution < 1.29 is 23.7 Å². The summed E-state index contributed by atoms with van der Waals surface area (Å²) in [6.07, 6.45) is 3.31. The summed E-state index contributed by atoms with van der Waals surface area (Å²) in [6.45, 7) is 0.315. The van der Waals surface area contributed by atoms with E-state index >= 15 is 0 Å². The number of nitrogens with zero attached hydrogens (tertiary/aromatic N) is 2. The van der Waals surface area contributed by atoms with Crippen molar-refractivity contribution in [1.82, 2.24) is 15.3 Å². The number of benzene rings is 3. The molecule has 8 nitrogen and oxygen atoms in total. The lowest BCUT2D eigenvalue weighted by Gasteiger charge is -2.12. The van der Waals surface area contributed by atoms with Gasteiger partial charge in [-0.2, -0.15) is 0 Å². The maximum absolute atomic E-state index is 12.8. The first-order chi connectivity index (χ1) is 17.1. The molecule has 1 aromatic heterocycles. The summed E-state index contributed by atoms with van der Waals surface area (Å²) in [4.78, 5) is 21.4. The normalized spacial score (nSPS) is 10.4. The van der Waals surface area contributed by atoms with Crippen LogP contribution in [0.25, 0.3) is 11.1 Å². The SMILES string of the molecule is COc1cccc(Oc2ncc(-c3cccc(C(=O)NCc4ccc(OC)cc4OC)c3)cn2)c1. The van der Waals surface area contributed by atoms with Crippen molar-refractivity contribution in [3.05, 3.63) is 90.3 Å². The summed E-state index contributed by atoms with van der Waals surface area (Å²) in [5.41, 5.74) is 2.94. The summed E-state index contributed by atoms with van der Waals surface area (Å²) in [6, 6.07) is 20.1. The van der Waals surface area contributed by atoms with E-state index in [2.05, 4.69) is 15.3 Å². The van der Waals surface area contributed by atoms with Gasteiger partial charge in [-0.05, 0) is 42.0 Å². The molecule has 1 amide bonds. The monoisotopic (exact) mass is 471 g/mol.